The number of nitrogens with two attached hydrogens (primary N) is 1. The van der Waals surface area contributed by atoms with Crippen molar-refractivity contribution >= 4 is 16.9 Å². The molecule has 1 aliphatic heterocycles. The number of likely N-dealkylation sites (tertiary alicyclic amines) is 1. The molecule has 1 aromatic heterocycles. The summed E-state index contributed by atoms with van der Waals surface area (Å²) >= 11 is 0. The van der Waals surface area contributed by atoms with Crippen molar-refractivity contribution in [1.82, 2.24) is 4.90 Å². The zero-order valence-corrected chi connectivity index (χ0v) is 13.6. The fourth-order valence-electron chi connectivity index (χ4n) is 3.47. The number of nitrogens with zero attached hydrogens (tertiary/aromatic N) is 1. The fourth-order valence-corrected chi connectivity index (χ4v) is 3.47. The Bertz CT molecular complexity index is 702. The number of carbonyl (C=O) groups excluding carboxylic acids is 1. The van der Waals surface area contributed by atoms with Gasteiger partial charge in [-0.05, 0) is 45.6 Å². The first-order valence-electron chi connectivity index (χ1n) is 8.06. The van der Waals surface area contributed by atoms with Gasteiger partial charge in [-0.25, -0.2) is 0 Å². The molecule has 0 saturated carbocycles. The van der Waals surface area contributed by atoms with Gasteiger partial charge in [0, 0.05) is 29.6 Å². The monoisotopic (exact) mass is 300 g/mol. The highest BCUT2D eigenvalue weighted by Gasteiger charge is 2.32. The van der Waals surface area contributed by atoms with Crippen LogP contribution in [-0.4, -0.2) is 29.4 Å². The molecule has 0 bridgehead atoms. The van der Waals surface area contributed by atoms with Crippen molar-refractivity contribution in [3.63, 3.8) is 0 Å². The van der Waals surface area contributed by atoms with Gasteiger partial charge in [0.2, 0.25) is 0 Å². The minimum absolute atomic E-state index is 0.0179. The lowest BCUT2D eigenvalue weighted by atomic mass is 9.96. The highest BCUT2D eigenvalue weighted by molar-refractivity contribution is 5.99. The summed E-state index contributed by atoms with van der Waals surface area (Å²) in [6, 6.07) is 6.10. The van der Waals surface area contributed by atoms with E-state index in [4.69, 9.17) is 10.2 Å². The van der Waals surface area contributed by atoms with Crippen molar-refractivity contribution < 1.29 is 9.21 Å². The van der Waals surface area contributed by atoms with Crippen molar-refractivity contribution in [3.05, 3.63) is 35.1 Å². The van der Waals surface area contributed by atoms with Crippen LogP contribution in [0.3, 0.4) is 0 Å². The second kappa shape index (κ2) is 5.76. The average molecular weight is 300 g/mol. The Morgan fingerprint density at radius 2 is 2.14 bits per heavy atom. The first-order chi connectivity index (χ1) is 10.5. The van der Waals surface area contributed by atoms with Gasteiger partial charge in [0.1, 0.15) is 5.58 Å². The third kappa shape index (κ3) is 2.41. The lowest BCUT2D eigenvalue weighted by Gasteiger charge is -2.37. The number of para-hydroxylation sites is 1. The van der Waals surface area contributed by atoms with Crippen LogP contribution in [0, 0.1) is 13.8 Å². The number of rotatable bonds is 2. The van der Waals surface area contributed by atoms with Gasteiger partial charge < -0.3 is 15.1 Å². The van der Waals surface area contributed by atoms with Gasteiger partial charge in [-0.3, -0.25) is 4.79 Å². The third-order valence-corrected chi connectivity index (χ3v) is 4.77. The molecule has 1 amide bonds. The van der Waals surface area contributed by atoms with Gasteiger partial charge >= 0.3 is 0 Å². The number of hydrogen-bond acceptors (Lipinski definition) is 3. The Morgan fingerprint density at radius 1 is 1.36 bits per heavy atom. The number of aryl methyl sites for hydroxylation is 2. The topological polar surface area (TPSA) is 59.5 Å². The first kappa shape index (κ1) is 15.1. The molecule has 3 rings (SSSR count). The van der Waals surface area contributed by atoms with Crippen molar-refractivity contribution in [2.75, 3.05) is 6.54 Å². The number of hydrogen-bond donors (Lipinski definition) is 1. The summed E-state index contributed by atoms with van der Waals surface area (Å²) in [7, 11) is 0. The average Bonchev–Trinajstić information content (AvgIpc) is 2.85. The van der Waals surface area contributed by atoms with Gasteiger partial charge in [0.25, 0.3) is 5.91 Å². The molecule has 4 nitrogen and oxygen atoms in total. The summed E-state index contributed by atoms with van der Waals surface area (Å²) in [4.78, 5) is 14.9. The molecule has 0 radical (unpaired) electrons. The number of furan rings is 1. The van der Waals surface area contributed by atoms with E-state index in [0.29, 0.717) is 5.76 Å². The Labute approximate surface area is 131 Å². The summed E-state index contributed by atoms with van der Waals surface area (Å²) in [5, 5.41) is 1.03. The Kier molecular flexibility index (Phi) is 3.96. The first-order valence-corrected chi connectivity index (χ1v) is 8.06. The maximum absolute atomic E-state index is 13.0. The Morgan fingerprint density at radius 3 is 2.82 bits per heavy atom. The molecule has 118 valence electrons. The van der Waals surface area contributed by atoms with Crippen LogP contribution in [-0.2, 0) is 0 Å². The zero-order chi connectivity index (χ0) is 15.9. The number of piperidine rings is 1. The normalized spacial score (nSPS) is 20.4. The van der Waals surface area contributed by atoms with E-state index in [1.807, 2.05) is 43.9 Å². The molecule has 1 aliphatic rings. The number of amides is 1. The molecular weight excluding hydrogens is 276 g/mol. The second-order valence-electron chi connectivity index (χ2n) is 6.43. The van der Waals surface area contributed by atoms with Crippen molar-refractivity contribution in [2.45, 2.75) is 52.1 Å². The minimum atomic E-state index is -0.0184. The van der Waals surface area contributed by atoms with Crippen LogP contribution in [0.4, 0.5) is 0 Å². The van der Waals surface area contributed by atoms with Crippen LogP contribution in [0.25, 0.3) is 11.0 Å². The largest absolute Gasteiger partial charge is 0.450 e. The van der Waals surface area contributed by atoms with Crippen molar-refractivity contribution in [3.8, 4) is 0 Å². The lowest BCUT2D eigenvalue weighted by molar-refractivity contribution is 0.0553. The molecule has 2 aromatic rings. The summed E-state index contributed by atoms with van der Waals surface area (Å²) in [6.07, 6.45) is 3.14. The highest BCUT2D eigenvalue weighted by Crippen LogP contribution is 2.30. The van der Waals surface area contributed by atoms with Gasteiger partial charge in [0.15, 0.2) is 5.76 Å². The summed E-state index contributed by atoms with van der Waals surface area (Å²) in [5.74, 6) is 0.451. The number of benzene rings is 1. The standard InChI is InChI=1S/C18H24N2O2/c1-11-7-6-8-14-12(2)17(22-16(11)14)18(21)20-10-5-4-9-15(20)13(3)19/h6-8,13,15H,4-5,9-10,19H2,1-3H3. The zero-order valence-electron chi connectivity index (χ0n) is 13.6. The smallest absolute Gasteiger partial charge is 0.290 e. The van der Waals surface area contributed by atoms with Gasteiger partial charge in [-0.2, -0.15) is 0 Å². The van der Waals surface area contributed by atoms with Crippen LogP contribution in [0.15, 0.2) is 22.6 Å². The van der Waals surface area contributed by atoms with Crippen molar-refractivity contribution in [2.24, 2.45) is 5.73 Å². The van der Waals surface area contributed by atoms with Crippen molar-refractivity contribution in [1.29, 1.82) is 0 Å². The fraction of sp³-hybridized carbons (Fsp3) is 0.500. The summed E-state index contributed by atoms with van der Waals surface area (Å²) < 4.78 is 5.94. The number of carbonyl (C=O) groups is 1. The summed E-state index contributed by atoms with van der Waals surface area (Å²) in [5.41, 5.74) is 8.89. The molecule has 22 heavy (non-hydrogen) atoms. The van der Waals surface area contributed by atoms with E-state index < -0.39 is 0 Å². The summed E-state index contributed by atoms with van der Waals surface area (Å²) in [6.45, 7) is 6.71. The molecule has 0 spiro atoms. The third-order valence-electron chi connectivity index (χ3n) is 4.77. The van der Waals surface area contributed by atoms with E-state index in [1.54, 1.807) is 0 Å². The van der Waals surface area contributed by atoms with Crippen LogP contribution < -0.4 is 5.73 Å². The quantitative estimate of drug-likeness (QED) is 0.924. The Balaban J connectivity index is 2.01. The van der Waals surface area contributed by atoms with E-state index >= 15 is 0 Å². The molecule has 1 aromatic carbocycles. The molecule has 2 heterocycles. The van der Waals surface area contributed by atoms with E-state index in [9.17, 15) is 4.79 Å². The molecular formula is C18H24N2O2. The molecule has 1 saturated heterocycles. The van der Waals surface area contributed by atoms with Gasteiger partial charge in [-0.15, -0.1) is 0 Å². The van der Waals surface area contributed by atoms with E-state index in [2.05, 4.69) is 0 Å². The minimum Gasteiger partial charge on any atom is -0.450 e. The molecule has 0 aliphatic carbocycles. The molecule has 2 unspecified atom stereocenters. The maximum atomic E-state index is 13.0. The van der Waals surface area contributed by atoms with E-state index in [1.165, 1.54) is 0 Å². The van der Waals surface area contributed by atoms with Crippen LogP contribution in [0.5, 0.6) is 0 Å². The molecule has 1 fully saturated rings. The predicted molar refractivity (Wildman–Crippen MR) is 88.0 cm³/mol. The molecule has 2 atom stereocenters. The van der Waals surface area contributed by atoms with E-state index in [-0.39, 0.29) is 18.0 Å². The van der Waals surface area contributed by atoms with Crippen LogP contribution in [0.1, 0.15) is 47.9 Å². The molecule has 2 N–H and O–H groups in total. The second-order valence-corrected chi connectivity index (χ2v) is 6.43. The maximum Gasteiger partial charge on any atom is 0.290 e. The van der Waals surface area contributed by atoms with Gasteiger partial charge in [-0.1, -0.05) is 18.2 Å². The van der Waals surface area contributed by atoms with Crippen LogP contribution >= 0.6 is 0 Å². The predicted octanol–water partition coefficient (Wildman–Crippen LogP) is 3.39. The van der Waals surface area contributed by atoms with Gasteiger partial charge in [0.05, 0.1) is 0 Å². The lowest BCUT2D eigenvalue weighted by Crippen LogP contribution is -2.51. The SMILES string of the molecule is Cc1c(C(=O)N2CCCCC2C(C)N)oc2c(C)cccc12. The van der Waals surface area contributed by atoms with Crippen LogP contribution in [0.2, 0.25) is 0 Å². The van der Waals surface area contributed by atoms with E-state index in [0.717, 1.165) is 47.9 Å². The Hall–Kier alpha value is -1.81. The highest BCUT2D eigenvalue weighted by atomic mass is 16.3. The number of fused-ring (bicyclic) bond motifs is 1. The molecule has 4 heteroatoms.